The highest BCUT2D eigenvalue weighted by atomic mass is 79.9. The number of halogens is 2. The van der Waals surface area contributed by atoms with Crippen molar-refractivity contribution in [3.8, 4) is 0 Å². The van der Waals surface area contributed by atoms with Crippen LogP contribution in [0, 0.1) is 5.82 Å². The molecule has 5 heteroatoms. The molecule has 1 aromatic heterocycles. The summed E-state index contributed by atoms with van der Waals surface area (Å²) in [5.41, 5.74) is 0.816. The molecule has 2 aromatic rings. The van der Waals surface area contributed by atoms with Crippen LogP contribution >= 0.6 is 15.9 Å². The molecule has 84 valence electrons. The lowest BCUT2D eigenvalue weighted by molar-refractivity contribution is -0.0602. The van der Waals surface area contributed by atoms with Crippen LogP contribution in [0.5, 0.6) is 0 Å². The molecule has 3 rings (SSSR count). The molecule has 0 saturated carbocycles. The van der Waals surface area contributed by atoms with Crippen molar-refractivity contribution in [1.82, 2.24) is 9.78 Å². The minimum atomic E-state index is -0.252. The topological polar surface area (TPSA) is 27.1 Å². The Labute approximate surface area is 100 Å². The van der Waals surface area contributed by atoms with Gasteiger partial charge in [-0.1, -0.05) is 0 Å². The van der Waals surface area contributed by atoms with E-state index in [1.165, 1.54) is 0 Å². The standard InChI is InChI=1S/C11H10BrFN2O/c12-9-1-2-10-8(11(9)13)5-14-15(10)6-7-3-4-16-7/h1-2,5,7H,3-4,6H2/t7-/m0/s1. The van der Waals surface area contributed by atoms with E-state index in [1.807, 2.05) is 6.07 Å². The van der Waals surface area contributed by atoms with Crippen LogP contribution in [0.25, 0.3) is 10.9 Å². The highest BCUT2D eigenvalue weighted by Gasteiger charge is 2.20. The van der Waals surface area contributed by atoms with E-state index >= 15 is 0 Å². The van der Waals surface area contributed by atoms with Gasteiger partial charge in [0.25, 0.3) is 0 Å². The third kappa shape index (κ3) is 1.55. The number of nitrogens with zero attached hydrogens (tertiary/aromatic N) is 2. The second kappa shape index (κ2) is 3.82. The first-order valence-electron chi connectivity index (χ1n) is 5.17. The molecular formula is C11H10BrFN2O. The summed E-state index contributed by atoms with van der Waals surface area (Å²) in [4.78, 5) is 0. The predicted molar refractivity (Wildman–Crippen MR) is 61.7 cm³/mol. The largest absolute Gasteiger partial charge is 0.376 e. The van der Waals surface area contributed by atoms with Crippen molar-refractivity contribution in [2.75, 3.05) is 6.61 Å². The highest BCUT2D eigenvalue weighted by Crippen LogP contribution is 2.25. The maximum Gasteiger partial charge on any atom is 0.148 e. The molecule has 1 fully saturated rings. The molecule has 0 spiro atoms. The Morgan fingerprint density at radius 2 is 2.38 bits per heavy atom. The fourth-order valence-corrected chi connectivity index (χ4v) is 2.21. The van der Waals surface area contributed by atoms with Crippen molar-refractivity contribution in [2.45, 2.75) is 19.1 Å². The lowest BCUT2D eigenvalue weighted by atomic mass is 10.2. The van der Waals surface area contributed by atoms with E-state index in [0.29, 0.717) is 16.4 Å². The van der Waals surface area contributed by atoms with E-state index in [9.17, 15) is 4.39 Å². The van der Waals surface area contributed by atoms with Gasteiger partial charge in [0.15, 0.2) is 0 Å². The molecular weight excluding hydrogens is 275 g/mol. The van der Waals surface area contributed by atoms with Crippen LogP contribution in [-0.4, -0.2) is 22.5 Å². The Balaban J connectivity index is 2.02. The molecule has 1 saturated heterocycles. The van der Waals surface area contributed by atoms with E-state index in [0.717, 1.165) is 18.5 Å². The zero-order valence-corrected chi connectivity index (χ0v) is 10.1. The smallest absolute Gasteiger partial charge is 0.148 e. The van der Waals surface area contributed by atoms with Crippen molar-refractivity contribution in [2.24, 2.45) is 0 Å². The first-order chi connectivity index (χ1) is 7.75. The first-order valence-corrected chi connectivity index (χ1v) is 5.96. The molecule has 2 heterocycles. The number of hydrogen-bond acceptors (Lipinski definition) is 2. The average Bonchev–Trinajstić information content (AvgIpc) is 2.61. The highest BCUT2D eigenvalue weighted by molar-refractivity contribution is 9.10. The van der Waals surface area contributed by atoms with Gasteiger partial charge in [0.05, 0.1) is 34.2 Å². The lowest BCUT2D eigenvalue weighted by Gasteiger charge is -2.26. The quantitative estimate of drug-likeness (QED) is 0.848. The predicted octanol–water partition coefficient (Wildman–Crippen LogP) is 2.73. The van der Waals surface area contributed by atoms with Crippen LogP contribution < -0.4 is 0 Å². The minimum absolute atomic E-state index is 0.231. The SMILES string of the molecule is Fc1c(Br)ccc2c1cnn2C[C@@H]1CCO1. The van der Waals surface area contributed by atoms with Crippen LogP contribution in [0.2, 0.25) is 0 Å². The third-order valence-electron chi connectivity index (χ3n) is 2.88. The van der Waals surface area contributed by atoms with Gasteiger partial charge in [0, 0.05) is 6.61 Å². The van der Waals surface area contributed by atoms with Crippen molar-refractivity contribution >= 4 is 26.8 Å². The molecule has 1 atom stereocenters. The van der Waals surface area contributed by atoms with Crippen LogP contribution in [0.1, 0.15) is 6.42 Å². The fourth-order valence-electron chi connectivity index (χ4n) is 1.86. The van der Waals surface area contributed by atoms with Crippen molar-refractivity contribution in [3.05, 3.63) is 28.6 Å². The zero-order chi connectivity index (χ0) is 11.1. The monoisotopic (exact) mass is 284 g/mol. The lowest BCUT2D eigenvalue weighted by Crippen LogP contribution is -2.31. The van der Waals surface area contributed by atoms with Crippen LogP contribution in [0.3, 0.4) is 0 Å². The summed E-state index contributed by atoms with van der Waals surface area (Å²) >= 11 is 3.16. The molecule has 3 nitrogen and oxygen atoms in total. The Bertz CT molecular complexity index is 536. The molecule has 16 heavy (non-hydrogen) atoms. The fraction of sp³-hybridized carbons (Fsp3) is 0.364. The van der Waals surface area contributed by atoms with Crippen molar-refractivity contribution < 1.29 is 9.13 Å². The van der Waals surface area contributed by atoms with E-state index < -0.39 is 0 Å². The van der Waals surface area contributed by atoms with Gasteiger partial charge in [-0.15, -0.1) is 0 Å². The van der Waals surface area contributed by atoms with Crippen LogP contribution in [0.15, 0.2) is 22.8 Å². The zero-order valence-electron chi connectivity index (χ0n) is 8.49. The van der Waals surface area contributed by atoms with E-state index in [2.05, 4.69) is 21.0 Å². The van der Waals surface area contributed by atoms with Gasteiger partial charge >= 0.3 is 0 Å². The molecule has 1 aromatic carbocycles. The maximum absolute atomic E-state index is 13.7. The molecule has 0 bridgehead atoms. The molecule has 0 unspecified atom stereocenters. The number of fused-ring (bicyclic) bond motifs is 1. The average molecular weight is 285 g/mol. The Morgan fingerprint density at radius 1 is 1.56 bits per heavy atom. The second-order valence-electron chi connectivity index (χ2n) is 3.90. The Morgan fingerprint density at radius 3 is 3.06 bits per heavy atom. The summed E-state index contributed by atoms with van der Waals surface area (Å²) in [7, 11) is 0. The van der Waals surface area contributed by atoms with E-state index in [1.54, 1.807) is 16.9 Å². The Hall–Kier alpha value is -0.940. The van der Waals surface area contributed by atoms with Crippen LogP contribution in [0.4, 0.5) is 4.39 Å². The van der Waals surface area contributed by atoms with Crippen LogP contribution in [-0.2, 0) is 11.3 Å². The number of rotatable bonds is 2. The summed E-state index contributed by atoms with van der Waals surface area (Å²) in [6, 6.07) is 3.58. The van der Waals surface area contributed by atoms with Crippen molar-refractivity contribution in [3.63, 3.8) is 0 Å². The van der Waals surface area contributed by atoms with E-state index in [4.69, 9.17) is 4.74 Å². The Kier molecular flexibility index (Phi) is 2.44. The normalized spacial score (nSPS) is 20.0. The molecule has 0 radical (unpaired) electrons. The first kappa shape index (κ1) is 10.2. The second-order valence-corrected chi connectivity index (χ2v) is 4.76. The van der Waals surface area contributed by atoms with Gasteiger partial charge in [0.2, 0.25) is 0 Å². The van der Waals surface area contributed by atoms with E-state index in [-0.39, 0.29) is 11.9 Å². The summed E-state index contributed by atoms with van der Waals surface area (Å²) in [6.45, 7) is 1.52. The molecule has 1 aliphatic heterocycles. The molecule has 1 aliphatic rings. The van der Waals surface area contributed by atoms with Crippen molar-refractivity contribution in [1.29, 1.82) is 0 Å². The third-order valence-corrected chi connectivity index (χ3v) is 3.50. The number of hydrogen-bond donors (Lipinski definition) is 0. The molecule has 0 aliphatic carbocycles. The van der Waals surface area contributed by atoms with Gasteiger partial charge < -0.3 is 4.74 Å². The summed E-state index contributed by atoms with van der Waals surface area (Å²) in [6.07, 6.45) is 2.85. The molecule has 0 N–H and O–H groups in total. The number of benzene rings is 1. The van der Waals surface area contributed by atoms with Gasteiger partial charge in [-0.2, -0.15) is 5.10 Å². The summed E-state index contributed by atoms with van der Waals surface area (Å²) < 4.78 is 21.3. The minimum Gasteiger partial charge on any atom is -0.376 e. The number of aromatic nitrogens is 2. The number of ether oxygens (including phenoxy) is 1. The van der Waals surface area contributed by atoms with Gasteiger partial charge in [-0.25, -0.2) is 4.39 Å². The maximum atomic E-state index is 13.7. The van der Waals surface area contributed by atoms with Gasteiger partial charge in [-0.05, 0) is 34.5 Å². The van der Waals surface area contributed by atoms with Gasteiger partial charge in [-0.3, -0.25) is 4.68 Å². The summed E-state index contributed by atoms with van der Waals surface area (Å²) in [5.74, 6) is -0.252. The summed E-state index contributed by atoms with van der Waals surface area (Å²) in [5, 5.41) is 4.74. The van der Waals surface area contributed by atoms with Gasteiger partial charge in [0.1, 0.15) is 5.82 Å². The molecule has 0 amide bonds.